The van der Waals surface area contributed by atoms with Gasteiger partial charge >= 0.3 is 58.4 Å². The minimum atomic E-state index is -4.64. The molecule has 0 aromatic rings. The number of fused-ring (bicyclic) bond motifs is 1. The molecule has 1 saturated heterocycles. The molecule has 0 bridgehead atoms. The Morgan fingerprint density at radius 2 is 1.62 bits per heavy atom. The Bertz CT molecular complexity index is 223. The van der Waals surface area contributed by atoms with Crippen molar-refractivity contribution in [1.82, 2.24) is 4.90 Å². The first-order chi connectivity index (χ1) is 7.06. The van der Waals surface area contributed by atoms with E-state index in [4.69, 9.17) is 0 Å². The van der Waals surface area contributed by atoms with Gasteiger partial charge in [0.05, 0.1) is 0 Å². The fourth-order valence-electron chi connectivity index (χ4n) is 3.22. The number of rotatable bonds is 2. The molecule has 1 aliphatic heterocycles. The number of piperidine rings is 1. The van der Waals surface area contributed by atoms with Crippen LogP contribution in [0.2, 0.25) is 0 Å². The molecule has 1 aliphatic carbocycles. The van der Waals surface area contributed by atoms with E-state index >= 15 is 0 Å². The number of hydrogen-bond donors (Lipinski definition) is 0. The van der Waals surface area contributed by atoms with Crippen LogP contribution < -0.4 is 51.4 Å². The summed E-state index contributed by atoms with van der Waals surface area (Å²) >= 11 is 0. The van der Waals surface area contributed by atoms with E-state index in [9.17, 15) is 12.9 Å². The van der Waals surface area contributed by atoms with Gasteiger partial charge in [-0.05, 0) is 44.6 Å². The summed E-state index contributed by atoms with van der Waals surface area (Å²) in [6, 6.07) is 0.232. The van der Waals surface area contributed by atoms with E-state index in [-0.39, 0.29) is 57.4 Å². The van der Waals surface area contributed by atoms with Crippen LogP contribution in [0.3, 0.4) is 0 Å². The van der Waals surface area contributed by atoms with Gasteiger partial charge in [-0.15, -0.1) is 0 Å². The average molecular weight is 259 g/mol. The van der Waals surface area contributed by atoms with Gasteiger partial charge in [0.25, 0.3) is 0 Å². The summed E-state index contributed by atoms with van der Waals surface area (Å²) in [5.41, 5.74) is 0. The summed E-state index contributed by atoms with van der Waals surface area (Å²) in [4.78, 5) is 1.70. The van der Waals surface area contributed by atoms with E-state index in [2.05, 4.69) is 0 Å². The van der Waals surface area contributed by atoms with Crippen molar-refractivity contribution in [3.8, 4) is 0 Å². The van der Waals surface area contributed by atoms with Crippen LogP contribution in [0.25, 0.3) is 0 Å². The first-order valence-electron chi connectivity index (χ1n) is 6.01. The van der Waals surface area contributed by atoms with Crippen LogP contribution in [0.1, 0.15) is 38.5 Å². The Kier molecular flexibility index (Phi) is 6.37. The van der Waals surface area contributed by atoms with Crippen LogP contribution in [0.5, 0.6) is 0 Å². The predicted molar refractivity (Wildman–Crippen MR) is 55.6 cm³/mol. The van der Waals surface area contributed by atoms with Crippen LogP contribution in [-0.4, -0.2) is 30.9 Å². The van der Waals surface area contributed by atoms with Crippen molar-refractivity contribution >= 4 is 6.98 Å². The van der Waals surface area contributed by atoms with Crippen LogP contribution in [-0.2, 0) is 0 Å². The van der Waals surface area contributed by atoms with E-state index in [0.29, 0.717) is 12.5 Å². The van der Waals surface area contributed by atoms with E-state index in [1.165, 1.54) is 6.42 Å². The van der Waals surface area contributed by atoms with Gasteiger partial charge in [0.15, 0.2) is 0 Å². The molecule has 1 saturated carbocycles. The van der Waals surface area contributed by atoms with Gasteiger partial charge in [0, 0.05) is 6.04 Å². The SMILES string of the molecule is F[B-](F)(F)CN1CCC[C@H]2CCCC[C@H]21.[K+]. The minimum absolute atomic E-state index is 0. The molecule has 2 aliphatic rings. The van der Waals surface area contributed by atoms with Crippen molar-refractivity contribution in [3.05, 3.63) is 0 Å². The third kappa shape index (κ3) is 4.28. The predicted octanol–water partition coefficient (Wildman–Crippen LogP) is 0.0316. The second-order valence-electron chi connectivity index (χ2n) is 4.96. The molecular weight excluding hydrogens is 241 g/mol. The number of halogens is 3. The van der Waals surface area contributed by atoms with Crippen LogP contribution >= 0.6 is 0 Å². The molecule has 0 N–H and O–H groups in total. The number of hydrogen-bond acceptors (Lipinski definition) is 1. The first kappa shape index (κ1) is 15.5. The Morgan fingerprint density at radius 3 is 2.31 bits per heavy atom. The summed E-state index contributed by atoms with van der Waals surface area (Å²) in [5, 5.41) is 0. The Hall–Kier alpha value is 1.45. The summed E-state index contributed by atoms with van der Waals surface area (Å²) < 4.78 is 37.3. The molecule has 0 aromatic heterocycles. The fraction of sp³-hybridized carbons (Fsp3) is 1.00. The zero-order valence-electron chi connectivity index (χ0n) is 9.97. The summed E-state index contributed by atoms with van der Waals surface area (Å²) in [6.07, 6.45) is 5.91. The Morgan fingerprint density at radius 1 is 1.00 bits per heavy atom. The average Bonchev–Trinajstić information content (AvgIpc) is 2.16. The van der Waals surface area contributed by atoms with Crippen molar-refractivity contribution in [1.29, 1.82) is 0 Å². The molecule has 0 spiro atoms. The van der Waals surface area contributed by atoms with Gasteiger partial charge in [-0.1, -0.05) is 12.8 Å². The third-order valence-corrected chi connectivity index (χ3v) is 3.80. The summed E-state index contributed by atoms with van der Waals surface area (Å²) in [7, 11) is 0. The molecule has 0 aromatic carbocycles. The van der Waals surface area contributed by atoms with Crippen molar-refractivity contribution < 1.29 is 64.3 Å². The van der Waals surface area contributed by atoms with E-state index in [1.807, 2.05) is 0 Å². The molecule has 2 fully saturated rings. The zero-order valence-corrected chi connectivity index (χ0v) is 13.1. The second-order valence-corrected chi connectivity index (χ2v) is 4.96. The molecule has 2 rings (SSSR count). The molecule has 1 heterocycles. The fourth-order valence-corrected chi connectivity index (χ4v) is 3.22. The molecule has 0 unspecified atom stereocenters. The normalized spacial score (nSPS) is 31.7. The first-order valence-corrected chi connectivity index (χ1v) is 6.01. The van der Waals surface area contributed by atoms with E-state index in [0.717, 1.165) is 32.1 Å². The monoisotopic (exact) mass is 259 g/mol. The molecular formula is C10H18BF3KN. The Labute approximate surface area is 138 Å². The molecule has 16 heavy (non-hydrogen) atoms. The van der Waals surface area contributed by atoms with Gasteiger partial charge in [-0.25, -0.2) is 0 Å². The molecule has 2 atom stereocenters. The molecule has 1 nitrogen and oxygen atoms in total. The number of nitrogens with zero attached hydrogens (tertiary/aromatic N) is 1. The van der Waals surface area contributed by atoms with E-state index < -0.39 is 13.4 Å². The van der Waals surface area contributed by atoms with Crippen molar-refractivity contribution in [3.63, 3.8) is 0 Å². The topological polar surface area (TPSA) is 3.24 Å². The molecule has 88 valence electrons. The maximum absolute atomic E-state index is 12.4. The number of likely N-dealkylation sites (tertiary alicyclic amines) is 1. The largest absolute Gasteiger partial charge is 1.00 e. The van der Waals surface area contributed by atoms with Crippen LogP contribution in [0.4, 0.5) is 12.9 Å². The van der Waals surface area contributed by atoms with Gasteiger partial charge in [0.2, 0.25) is 0 Å². The summed E-state index contributed by atoms with van der Waals surface area (Å²) in [5.74, 6) is 0.547. The maximum atomic E-state index is 12.4. The van der Waals surface area contributed by atoms with Crippen molar-refractivity contribution in [2.75, 3.05) is 13.0 Å². The van der Waals surface area contributed by atoms with Gasteiger partial charge < -0.3 is 17.8 Å². The standard InChI is InChI=1S/C10H18BF3N.K/c12-11(13,14)8-15-7-3-5-9-4-1-2-6-10(9)15;/h9-10H,1-8H2;/q-1;+1/t9-,10-;/m1./s1. The smallest absolute Gasteiger partial charge is 0.448 e. The van der Waals surface area contributed by atoms with E-state index in [1.54, 1.807) is 4.90 Å². The molecule has 6 heteroatoms. The molecule has 0 radical (unpaired) electrons. The van der Waals surface area contributed by atoms with Gasteiger partial charge in [-0.3, -0.25) is 0 Å². The van der Waals surface area contributed by atoms with Gasteiger partial charge in [0.1, 0.15) is 0 Å². The van der Waals surface area contributed by atoms with Crippen molar-refractivity contribution in [2.24, 2.45) is 5.92 Å². The second kappa shape index (κ2) is 6.57. The zero-order chi connectivity index (χ0) is 10.9. The summed E-state index contributed by atoms with van der Waals surface area (Å²) in [6.45, 7) is -3.99. The minimum Gasteiger partial charge on any atom is -0.448 e. The van der Waals surface area contributed by atoms with Crippen LogP contribution in [0, 0.1) is 5.92 Å². The third-order valence-electron chi connectivity index (χ3n) is 3.80. The van der Waals surface area contributed by atoms with Gasteiger partial charge in [-0.2, -0.15) is 0 Å². The maximum Gasteiger partial charge on any atom is 1.00 e. The quantitative estimate of drug-likeness (QED) is 0.633. The Balaban J connectivity index is 0.00000128. The molecule has 0 amide bonds. The van der Waals surface area contributed by atoms with Crippen LogP contribution in [0.15, 0.2) is 0 Å². The van der Waals surface area contributed by atoms with Crippen molar-refractivity contribution in [2.45, 2.75) is 44.6 Å².